The molecule has 0 radical (unpaired) electrons. The van der Waals surface area contributed by atoms with E-state index in [2.05, 4.69) is 0 Å². The molecule has 0 atom stereocenters. The molecule has 0 bridgehead atoms. The Balaban J connectivity index is 2.92. The Morgan fingerprint density at radius 2 is 2.33 bits per heavy atom. The molecule has 0 aromatic carbocycles. The van der Waals surface area contributed by atoms with Gasteiger partial charge in [0, 0.05) is 6.07 Å². The summed E-state index contributed by atoms with van der Waals surface area (Å²) in [5.74, 6) is 0.886. The third kappa shape index (κ3) is 0.512. The van der Waals surface area contributed by atoms with Crippen molar-refractivity contribution in [1.29, 1.82) is 0 Å². The number of nitrogen functional groups attached to an aromatic ring is 1. The lowest BCUT2D eigenvalue weighted by Gasteiger charge is -1.74. The van der Waals surface area contributed by atoms with Crippen LogP contribution in [-0.2, 0) is 0 Å². The molecular weight excluding hydrogens is 118 g/mol. The molecule has 2 aromatic rings. The Bertz CT molecular complexity index is 292. The van der Waals surface area contributed by atoms with Gasteiger partial charge in [0.2, 0.25) is 0 Å². The first-order chi connectivity index (χ1) is 4.36. The molecule has 2 heterocycles. The summed E-state index contributed by atoms with van der Waals surface area (Å²) in [7, 11) is 0. The first-order valence-electron chi connectivity index (χ1n) is 2.59. The quantitative estimate of drug-likeness (QED) is 0.578. The van der Waals surface area contributed by atoms with Crippen LogP contribution in [0.4, 0.5) is 5.88 Å². The molecule has 46 valence electrons. The number of fused-ring (bicyclic) bond motifs is 1. The van der Waals surface area contributed by atoms with Crippen LogP contribution in [0, 0.1) is 0 Å². The second kappa shape index (κ2) is 1.31. The van der Waals surface area contributed by atoms with Crippen molar-refractivity contribution >= 4 is 17.1 Å². The number of hydrogen-bond acceptors (Lipinski definition) is 3. The second-order valence-corrected chi connectivity index (χ2v) is 1.81. The minimum atomic E-state index is 0.393. The van der Waals surface area contributed by atoms with E-state index in [1.54, 1.807) is 18.4 Å². The van der Waals surface area contributed by atoms with Crippen LogP contribution < -0.4 is 5.73 Å². The Labute approximate surface area is 51.0 Å². The molecule has 3 nitrogen and oxygen atoms in total. The number of nitrogens with two attached hydrogens (primary N) is 1. The zero-order chi connectivity index (χ0) is 6.27. The zero-order valence-electron chi connectivity index (χ0n) is 4.63. The van der Waals surface area contributed by atoms with E-state index in [0.717, 1.165) is 5.39 Å². The van der Waals surface area contributed by atoms with Gasteiger partial charge in [0.15, 0.2) is 5.88 Å². The second-order valence-electron chi connectivity index (χ2n) is 1.81. The number of rotatable bonds is 0. The van der Waals surface area contributed by atoms with Gasteiger partial charge >= 0.3 is 0 Å². The van der Waals surface area contributed by atoms with Crippen LogP contribution in [0.3, 0.4) is 0 Å². The summed E-state index contributed by atoms with van der Waals surface area (Å²) in [6.07, 6.45) is 1.56. The summed E-state index contributed by atoms with van der Waals surface area (Å²) >= 11 is 0. The zero-order valence-corrected chi connectivity index (χ0v) is 4.63. The van der Waals surface area contributed by atoms with Gasteiger partial charge in [-0.3, -0.25) is 0 Å². The van der Waals surface area contributed by atoms with Gasteiger partial charge in [0.1, 0.15) is 0 Å². The Hall–Kier alpha value is -1.38. The fraction of sp³-hybridized carbons (Fsp3) is 0. The molecule has 2 N–H and O–H groups in total. The largest absolute Gasteiger partial charge is 0.433 e. The number of furan rings is 2. The molecule has 0 saturated heterocycles. The van der Waals surface area contributed by atoms with Gasteiger partial charge < -0.3 is 14.6 Å². The summed E-state index contributed by atoms with van der Waals surface area (Å²) in [4.78, 5) is 0. The Morgan fingerprint density at radius 1 is 1.44 bits per heavy atom. The fourth-order valence-corrected chi connectivity index (χ4v) is 0.785. The van der Waals surface area contributed by atoms with E-state index in [4.69, 9.17) is 14.6 Å². The van der Waals surface area contributed by atoms with E-state index < -0.39 is 0 Å². The third-order valence-corrected chi connectivity index (χ3v) is 1.17. The molecule has 0 unspecified atom stereocenters. The van der Waals surface area contributed by atoms with Gasteiger partial charge in [-0.15, -0.1) is 0 Å². The van der Waals surface area contributed by atoms with Crippen molar-refractivity contribution < 1.29 is 8.83 Å². The van der Waals surface area contributed by atoms with Crippen LogP contribution in [0.25, 0.3) is 11.2 Å². The molecule has 3 heteroatoms. The maximum Gasteiger partial charge on any atom is 0.298 e. The minimum absolute atomic E-state index is 0.393. The van der Waals surface area contributed by atoms with Crippen LogP contribution in [0.2, 0.25) is 0 Å². The summed E-state index contributed by atoms with van der Waals surface area (Å²) in [6, 6.07) is 3.52. The highest BCUT2D eigenvalue weighted by Gasteiger charge is 2.00. The molecule has 0 aliphatic carbocycles. The predicted octanol–water partition coefficient (Wildman–Crippen LogP) is 1.61. The predicted molar refractivity (Wildman–Crippen MR) is 32.9 cm³/mol. The average molecular weight is 123 g/mol. The summed E-state index contributed by atoms with van der Waals surface area (Å²) in [5.41, 5.74) is 5.31. The molecule has 0 aliphatic rings. The van der Waals surface area contributed by atoms with Crippen molar-refractivity contribution in [3.05, 3.63) is 18.4 Å². The summed E-state index contributed by atoms with van der Waals surface area (Å²) < 4.78 is 9.81. The smallest absolute Gasteiger partial charge is 0.298 e. The SMILES string of the molecule is Nc1cc2ccoc2o1. The van der Waals surface area contributed by atoms with E-state index >= 15 is 0 Å². The van der Waals surface area contributed by atoms with Crippen LogP contribution >= 0.6 is 0 Å². The van der Waals surface area contributed by atoms with Crippen molar-refractivity contribution in [3.8, 4) is 0 Å². The van der Waals surface area contributed by atoms with Gasteiger partial charge in [-0.25, -0.2) is 0 Å². The van der Waals surface area contributed by atoms with E-state index in [1.165, 1.54) is 0 Å². The number of anilines is 1. The van der Waals surface area contributed by atoms with E-state index in [9.17, 15) is 0 Å². The molecule has 0 aliphatic heterocycles. The van der Waals surface area contributed by atoms with Crippen molar-refractivity contribution in [1.82, 2.24) is 0 Å². The van der Waals surface area contributed by atoms with Gasteiger partial charge in [-0.1, -0.05) is 0 Å². The summed E-state index contributed by atoms with van der Waals surface area (Å²) in [5, 5.41) is 0.910. The van der Waals surface area contributed by atoms with Gasteiger partial charge in [0.05, 0.1) is 11.6 Å². The van der Waals surface area contributed by atoms with Crippen molar-refractivity contribution in [2.75, 3.05) is 5.73 Å². The first kappa shape index (κ1) is 4.49. The van der Waals surface area contributed by atoms with Gasteiger partial charge in [0.25, 0.3) is 5.78 Å². The topological polar surface area (TPSA) is 52.3 Å². The maximum atomic E-state index is 5.31. The highest BCUT2D eigenvalue weighted by atomic mass is 16.5. The van der Waals surface area contributed by atoms with Crippen molar-refractivity contribution in [2.45, 2.75) is 0 Å². The third-order valence-electron chi connectivity index (χ3n) is 1.17. The summed E-state index contributed by atoms with van der Waals surface area (Å²) in [6.45, 7) is 0. The van der Waals surface area contributed by atoms with Crippen LogP contribution in [-0.4, -0.2) is 0 Å². The van der Waals surface area contributed by atoms with Crippen molar-refractivity contribution in [3.63, 3.8) is 0 Å². The molecule has 0 amide bonds. The normalized spacial score (nSPS) is 10.7. The van der Waals surface area contributed by atoms with Gasteiger partial charge in [-0.2, -0.15) is 0 Å². The molecular formula is C6H5NO2. The lowest BCUT2D eigenvalue weighted by Crippen LogP contribution is -1.75. The number of hydrogen-bond donors (Lipinski definition) is 1. The van der Waals surface area contributed by atoms with E-state index in [-0.39, 0.29) is 0 Å². The van der Waals surface area contributed by atoms with Crippen LogP contribution in [0.15, 0.2) is 27.2 Å². The molecule has 0 spiro atoms. The van der Waals surface area contributed by atoms with Crippen LogP contribution in [0.5, 0.6) is 0 Å². The first-order valence-corrected chi connectivity index (χ1v) is 2.59. The van der Waals surface area contributed by atoms with Crippen LogP contribution in [0.1, 0.15) is 0 Å². The lowest BCUT2D eigenvalue weighted by atomic mass is 10.4. The van der Waals surface area contributed by atoms with Crippen molar-refractivity contribution in [2.24, 2.45) is 0 Å². The Morgan fingerprint density at radius 3 is 3.11 bits per heavy atom. The molecule has 2 aromatic heterocycles. The maximum absolute atomic E-state index is 5.31. The molecule has 2 rings (SSSR count). The molecule has 0 saturated carbocycles. The average Bonchev–Trinajstić information content (AvgIpc) is 2.22. The highest BCUT2D eigenvalue weighted by molar-refractivity contribution is 5.75. The van der Waals surface area contributed by atoms with Gasteiger partial charge in [-0.05, 0) is 6.07 Å². The monoisotopic (exact) mass is 123 g/mol. The molecule has 9 heavy (non-hydrogen) atoms. The van der Waals surface area contributed by atoms with E-state index in [1.807, 2.05) is 0 Å². The fourth-order valence-electron chi connectivity index (χ4n) is 0.785. The highest BCUT2D eigenvalue weighted by Crippen LogP contribution is 2.20. The molecule has 0 fully saturated rings. The standard InChI is InChI=1S/C6H5NO2/c7-5-3-4-1-2-8-6(4)9-5/h1-3H,7H2. The lowest BCUT2D eigenvalue weighted by molar-refractivity contribution is 0.487. The minimum Gasteiger partial charge on any atom is -0.433 e. The Kier molecular flexibility index (Phi) is 0.656. The van der Waals surface area contributed by atoms with E-state index in [0.29, 0.717) is 11.7 Å².